The fraction of sp³-hybridized carbons (Fsp3) is 0.250. The molecule has 0 bridgehead atoms. The largest absolute Gasteiger partial charge is 0.0622 e. The first-order valence-electron chi connectivity index (χ1n) is 2.97. The van der Waals surface area contributed by atoms with Crippen molar-refractivity contribution in [3.63, 3.8) is 0 Å². The van der Waals surface area contributed by atoms with E-state index < -0.39 is 0 Å². The van der Waals surface area contributed by atoms with Crippen LogP contribution in [0, 0.1) is 0 Å². The first-order chi connectivity index (χ1) is 3.93. The van der Waals surface area contributed by atoms with Gasteiger partial charge < -0.3 is 0 Å². The normalized spacial score (nSPS) is 6.64. The fourth-order valence-corrected chi connectivity index (χ4v) is 0.714. The molecule has 0 saturated heterocycles. The molecule has 0 radical (unpaired) electrons. The molecule has 0 saturated carbocycles. The van der Waals surface area contributed by atoms with Gasteiger partial charge in [0.1, 0.15) is 0 Å². The van der Waals surface area contributed by atoms with Gasteiger partial charge in [-0.2, -0.15) is 0 Å². The Morgan fingerprint density at radius 1 is 0.909 bits per heavy atom. The van der Waals surface area contributed by atoms with E-state index in [0.29, 0.717) is 0 Å². The molecule has 0 unspecified atom stereocenters. The van der Waals surface area contributed by atoms with Crippen LogP contribution in [0.15, 0.2) is 30.3 Å². The minimum absolute atomic E-state index is 0. The summed E-state index contributed by atoms with van der Waals surface area (Å²) < 4.78 is 0. The molecule has 1 aromatic rings. The van der Waals surface area contributed by atoms with Gasteiger partial charge in [0.05, 0.1) is 0 Å². The SMILES string of the molecule is CCc1ccccc1.[Ru].[Ru].[Ru]. The van der Waals surface area contributed by atoms with Crippen molar-refractivity contribution in [3.05, 3.63) is 35.9 Å². The molecular weight excluding hydrogens is 399 g/mol. The number of hydrogen-bond donors (Lipinski definition) is 0. The number of benzene rings is 1. The Hall–Kier alpha value is 1.09. The first kappa shape index (κ1) is 18.0. The van der Waals surface area contributed by atoms with Crippen LogP contribution < -0.4 is 0 Å². The Kier molecular flexibility index (Phi) is 18.1. The second-order valence-corrected chi connectivity index (χ2v) is 1.84. The second-order valence-electron chi connectivity index (χ2n) is 1.84. The van der Waals surface area contributed by atoms with E-state index in [9.17, 15) is 0 Å². The summed E-state index contributed by atoms with van der Waals surface area (Å²) in [6.45, 7) is 2.16. The van der Waals surface area contributed by atoms with Crippen molar-refractivity contribution in [1.82, 2.24) is 0 Å². The van der Waals surface area contributed by atoms with E-state index in [1.54, 1.807) is 0 Å². The van der Waals surface area contributed by atoms with Crippen LogP contribution in [0.1, 0.15) is 12.5 Å². The minimum Gasteiger partial charge on any atom is -0.0622 e. The molecule has 66 valence electrons. The Bertz CT molecular complexity index is 151. The molecule has 11 heavy (non-hydrogen) atoms. The van der Waals surface area contributed by atoms with Crippen molar-refractivity contribution in [3.8, 4) is 0 Å². The smallest absolute Gasteiger partial charge is 0 e. The third-order valence-corrected chi connectivity index (χ3v) is 1.25. The molecule has 1 aromatic carbocycles. The van der Waals surface area contributed by atoms with E-state index >= 15 is 0 Å². The zero-order valence-electron chi connectivity index (χ0n) is 6.15. The number of hydrogen-bond acceptors (Lipinski definition) is 0. The van der Waals surface area contributed by atoms with E-state index in [0.717, 1.165) is 6.42 Å². The molecule has 3 heteroatoms. The zero-order valence-corrected chi connectivity index (χ0v) is 11.4. The Labute approximate surface area is 107 Å². The molecule has 0 fully saturated rings. The predicted octanol–water partition coefficient (Wildman–Crippen LogP) is 2.24. The second kappa shape index (κ2) is 11.1. The van der Waals surface area contributed by atoms with E-state index in [2.05, 4.69) is 31.2 Å². The van der Waals surface area contributed by atoms with Crippen LogP contribution in [0.3, 0.4) is 0 Å². The maximum absolute atomic E-state index is 2.16. The molecule has 1 rings (SSSR count). The minimum atomic E-state index is 0. The summed E-state index contributed by atoms with van der Waals surface area (Å²) in [7, 11) is 0. The Morgan fingerprint density at radius 3 is 1.64 bits per heavy atom. The van der Waals surface area contributed by atoms with Crippen molar-refractivity contribution in [2.75, 3.05) is 0 Å². The Balaban J connectivity index is -0.000000213. The molecule has 0 amide bonds. The van der Waals surface area contributed by atoms with Gasteiger partial charge in [0, 0.05) is 58.4 Å². The van der Waals surface area contributed by atoms with Crippen LogP contribution in [-0.2, 0) is 64.9 Å². The van der Waals surface area contributed by atoms with Crippen LogP contribution in [0.2, 0.25) is 0 Å². The third kappa shape index (κ3) is 7.45. The third-order valence-electron chi connectivity index (χ3n) is 1.25. The summed E-state index contributed by atoms with van der Waals surface area (Å²) in [6, 6.07) is 10.5. The molecule has 0 aliphatic carbocycles. The van der Waals surface area contributed by atoms with Gasteiger partial charge in [0.25, 0.3) is 0 Å². The average molecular weight is 409 g/mol. The maximum atomic E-state index is 2.16. The molecule has 0 atom stereocenters. The van der Waals surface area contributed by atoms with Gasteiger partial charge in [-0.15, -0.1) is 0 Å². The summed E-state index contributed by atoms with van der Waals surface area (Å²) >= 11 is 0. The standard InChI is InChI=1S/C8H10.3Ru/c1-2-8-6-4-3-5-7-8;;;/h3-7H,2H2,1H3;;;. The van der Waals surface area contributed by atoms with Gasteiger partial charge in [-0.1, -0.05) is 37.3 Å². The van der Waals surface area contributed by atoms with Crippen molar-refractivity contribution in [2.24, 2.45) is 0 Å². The summed E-state index contributed by atoms with van der Waals surface area (Å²) in [5.74, 6) is 0. The molecule has 0 N–H and O–H groups in total. The monoisotopic (exact) mass is 412 g/mol. The van der Waals surface area contributed by atoms with Crippen LogP contribution >= 0.6 is 0 Å². The van der Waals surface area contributed by atoms with E-state index in [4.69, 9.17) is 0 Å². The van der Waals surface area contributed by atoms with Crippen molar-refractivity contribution >= 4 is 0 Å². The summed E-state index contributed by atoms with van der Waals surface area (Å²) in [5, 5.41) is 0. The van der Waals surface area contributed by atoms with E-state index in [1.165, 1.54) is 5.56 Å². The van der Waals surface area contributed by atoms with Gasteiger partial charge in [0.15, 0.2) is 0 Å². The van der Waals surface area contributed by atoms with Crippen LogP contribution in [-0.4, -0.2) is 0 Å². The summed E-state index contributed by atoms with van der Waals surface area (Å²) in [4.78, 5) is 0. The zero-order chi connectivity index (χ0) is 5.82. The first-order valence-corrected chi connectivity index (χ1v) is 2.97. The van der Waals surface area contributed by atoms with E-state index in [1.807, 2.05) is 6.07 Å². The maximum Gasteiger partial charge on any atom is 0 e. The molecule has 0 aliphatic rings. The van der Waals surface area contributed by atoms with Gasteiger partial charge in [-0.3, -0.25) is 0 Å². The van der Waals surface area contributed by atoms with Gasteiger partial charge in [0.2, 0.25) is 0 Å². The molecule has 0 aliphatic heterocycles. The van der Waals surface area contributed by atoms with Gasteiger partial charge >= 0.3 is 0 Å². The van der Waals surface area contributed by atoms with Crippen LogP contribution in [0.25, 0.3) is 0 Å². The average Bonchev–Trinajstić information content (AvgIpc) is 1.90. The topological polar surface area (TPSA) is 0 Å². The van der Waals surface area contributed by atoms with Crippen molar-refractivity contribution in [2.45, 2.75) is 13.3 Å². The Morgan fingerprint density at radius 2 is 1.36 bits per heavy atom. The predicted molar refractivity (Wildman–Crippen MR) is 35.8 cm³/mol. The van der Waals surface area contributed by atoms with E-state index in [-0.39, 0.29) is 58.4 Å². The fourth-order valence-electron chi connectivity index (χ4n) is 0.714. The molecule has 0 heterocycles. The summed E-state index contributed by atoms with van der Waals surface area (Å²) in [6.07, 6.45) is 1.14. The van der Waals surface area contributed by atoms with Gasteiger partial charge in [-0.25, -0.2) is 0 Å². The van der Waals surface area contributed by atoms with Crippen molar-refractivity contribution in [1.29, 1.82) is 0 Å². The molecule has 0 nitrogen and oxygen atoms in total. The quantitative estimate of drug-likeness (QED) is 0.625. The summed E-state index contributed by atoms with van der Waals surface area (Å²) in [5.41, 5.74) is 1.41. The van der Waals surface area contributed by atoms with Crippen molar-refractivity contribution < 1.29 is 58.4 Å². The molecule has 0 spiro atoms. The molecule has 0 aromatic heterocycles. The number of aryl methyl sites for hydroxylation is 1. The molecular formula is C8H10Ru3. The van der Waals surface area contributed by atoms with Gasteiger partial charge in [-0.05, 0) is 12.0 Å². The van der Waals surface area contributed by atoms with Crippen LogP contribution in [0.4, 0.5) is 0 Å². The number of rotatable bonds is 1. The van der Waals surface area contributed by atoms with Crippen LogP contribution in [0.5, 0.6) is 0 Å².